The van der Waals surface area contributed by atoms with E-state index < -0.39 is 17.7 Å². The van der Waals surface area contributed by atoms with E-state index in [1.165, 1.54) is 12.1 Å². The van der Waals surface area contributed by atoms with Crippen LogP contribution in [-0.2, 0) is 0 Å². The van der Waals surface area contributed by atoms with Gasteiger partial charge in [-0.25, -0.2) is 14.2 Å². The van der Waals surface area contributed by atoms with Gasteiger partial charge in [-0.15, -0.1) is 0 Å². The van der Waals surface area contributed by atoms with Crippen LogP contribution in [-0.4, -0.2) is 0 Å². The minimum absolute atomic E-state index is 0.298. The van der Waals surface area contributed by atoms with E-state index in [4.69, 9.17) is 5.84 Å². The summed E-state index contributed by atoms with van der Waals surface area (Å²) in [7, 11) is 0. The zero-order valence-corrected chi connectivity index (χ0v) is 13.4. The first kappa shape index (κ1) is 14.8. The van der Waals surface area contributed by atoms with Gasteiger partial charge in [-0.2, -0.15) is 0 Å². The molecule has 0 aliphatic heterocycles. The van der Waals surface area contributed by atoms with E-state index in [0.29, 0.717) is 5.56 Å². The summed E-state index contributed by atoms with van der Waals surface area (Å²) in [5.74, 6) is 4.29. The molecule has 0 saturated carbocycles. The molecule has 0 aliphatic rings. The van der Waals surface area contributed by atoms with Crippen LogP contribution in [0.4, 0.5) is 8.78 Å². The van der Waals surface area contributed by atoms with Gasteiger partial charge in [0.25, 0.3) is 0 Å². The van der Waals surface area contributed by atoms with Crippen molar-refractivity contribution in [2.24, 2.45) is 5.84 Å². The second-order valence-electron chi connectivity index (χ2n) is 3.93. The lowest BCUT2D eigenvalue weighted by molar-refractivity contribution is 0.541. The number of hydrogen-bond donors (Lipinski definition) is 2. The van der Waals surface area contributed by atoms with Gasteiger partial charge in [0, 0.05) is 19.7 Å². The molecule has 3 N–H and O–H groups in total. The van der Waals surface area contributed by atoms with E-state index >= 15 is 0 Å². The molecule has 0 aliphatic carbocycles. The lowest BCUT2D eigenvalue weighted by Crippen LogP contribution is -2.30. The maximum absolute atomic E-state index is 13.9. The van der Waals surface area contributed by atoms with Crippen LogP contribution in [0.1, 0.15) is 17.2 Å². The molecule has 0 radical (unpaired) electrons. The molecule has 2 aromatic carbocycles. The van der Waals surface area contributed by atoms with Crippen LogP contribution in [0.2, 0.25) is 0 Å². The lowest BCUT2D eigenvalue weighted by Gasteiger charge is -2.19. The zero-order valence-electron chi connectivity index (χ0n) is 9.63. The fourth-order valence-electron chi connectivity index (χ4n) is 1.82. The van der Waals surface area contributed by atoms with E-state index in [-0.39, 0.29) is 0 Å². The molecule has 0 spiro atoms. The highest BCUT2D eigenvalue weighted by molar-refractivity contribution is 14.1. The van der Waals surface area contributed by atoms with Crippen LogP contribution in [0.25, 0.3) is 0 Å². The van der Waals surface area contributed by atoms with Crippen molar-refractivity contribution in [1.29, 1.82) is 0 Å². The van der Waals surface area contributed by atoms with E-state index in [2.05, 4.69) is 43.9 Å². The van der Waals surface area contributed by atoms with Crippen molar-refractivity contribution in [1.82, 2.24) is 5.43 Å². The van der Waals surface area contributed by atoms with Gasteiger partial charge in [0.15, 0.2) is 0 Å². The fraction of sp³-hybridized carbons (Fsp3) is 0.0769. The van der Waals surface area contributed by atoms with Crippen LogP contribution < -0.4 is 11.3 Å². The third kappa shape index (κ3) is 3.31. The Bertz CT molecular complexity index is 607. The first-order valence-corrected chi connectivity index (χ1v) is 7.26. The Morgan fingerprint density at radius 2 is 1.84 bits per heavy atom. The molecule has 2 aromatic rings. The van der Waals surface area contributed by atoms with Crippen molar-refractivity contribution in [3.05, 3.63) is 67.2 Å². The summed E-state index contributed by atoms with van der Waals surface area (Å²) in [4.78, 5) is 0. The maximum atomic E-state index is 13.9. The minimum atomic E-state index is -0.631. The summed E-state index contributed by atoms with van der Waals surface area (Å²) in [6, 6.07) is 8.57. The number of halogens is 4. The molecule has 6 heteroatoms. The van der Waals surface area contributed by atoms with E-state index in [1.807, 2.05) is 18.2 Å². The molecular formula is C13H10BrF2IN2. The molecular weight excluding hydrogens is 429 g/mol. The molecule has 0 fully saturated rings. The fourth-order valence-corrected chi connectivity index (χ4v) is 2.81. The van der Waals surface area contributed by atoms with Crippen molar-refractivity contribution in [2.45, 2.75) is 6.04 Å². The standard InChI is InChI=1S/C13H10BrF2IN2/c14-11-4-2-8(17)6-10(11)13(19-18)9-3-1-7(15)5-12(9)16/h1-6,13,19H,18H2. The molecule has 0 bridgehead atoms. The Morgan fingerprint density at radius 1 is 1.11 bits per heavy atom. The Hall–Kier alpha value is -0.570. The van der Waals surface area contributed by atoms with Crippen molar-refractivity contribution < 1.29 is 8.78 Å². The van der Waals surface area contributed by atoms with Crippen molar-refractivity contribution in [2.75, 3.05) is 0 Å². The second kappa shape index (κ2) is 6.25. The van der Waals surface area contributed by atoms with Crippen LogP contribution in [0.5, 0.6) is 0 Å². The zero-order chi connectivity index (χ0) is 14.0. The number of nitrogens with one attached hydrogen (secondary N) is 1. The molecule has 100 valence electrons. The first-order valence-electron chi connectivity index (χ1n) is 5.39. The molecule has 0 aromatic heterocycles. The van der Waals surface area contributed by atoms with Gasteiger partial charge < -0.3 is 0 Å². The van der Waals surface area contributed by atoms with Gasteiger partial charge in [0.2, 0.25) is 0 Å². The predicted octanol–water partition coefficient (Wildman–Crippen LogP) is 3.88. The Kier molecular flexibility index (Phi) is 4.88. The average molecular weight is 439 g/mol. The van der Waals surface area contributed by atoms with Crippen LogP contribution in [0.15, 0.2) is 40.9 Å². The van der Waals surface area contributed by atoms with Gasteiger partial charge in [0.05, 0.1) is 6.04 Å². The minimum Gasteiger partial charge on any atom is -0.271 e. The molecule has 0 saturated heterocycles. The summed E-state index contributed by atoms with van der Waals surface area (Å²) in [5.41, 5.74) is 3.66. The largest absolute Gasteiger partial charge is 0.271 e. The number of hydrogen-bond acceptors (Lipinski definition) is 2. The Morgan fingerprint density at radius 3 is 2.47 bits per heavy atom. The Labute approximate surface area is 131 Å². The molecule has 19 heavy (non-hydrogen) atoms. The second-order valence-corrected chi connectivity index (χ2v) is 6.03. The summed E-state index contributed by atoms with van der Waals surface area (Å²) in [6.07, 6.45) is 0. The molecule has 0 amide bonds. The molecule has 1 unspecified atom stereocenters. The summed E-state index contributed by atoms with van der Waals surface area (Å²) in [6.45, 7) is 0. The third-order valence-electron chi connectivity index (χ3n) is 2.71. The maximum Gasteiger partial charge on any atom is 0.131 e. The highest BCUT2D eigenvalue weighted by Gasteiger charge is 2.19. The summed E-state index contributed by atoms with van der Waals surface area (Å²) in [5, 5.41) is 0. The number of benzene rings is 2. The number of rotatable bonds is 3. The van der Waals surface area contributed by atoms with Crippen molar-refractivity contribution in [3.8, 4) is 0 Å². The van der Waals surface area contributed by atoms with Gasteiger partial charge >= 0.3 is 0 Å². The molecule has 2 rings (SSSR count). The van der Waals surface area contributed by atoms with Gasteiger partial charge in [-0.3, -0.25) is 5.84 Å². The monoisotopic (exact) mass is 438 g/mol. The van der Waals surface area contributed by atoms with Crippen molar-refractivity contribution >= 4 is 38.5 Å². The third-order valence-corrected chi connectivity index (χ3v) is 4.10. The highest BCUT2D eigenvalue weighted by atomic mass is 127. The molecule has 1 atom stereocenters. The lowest BCUT2D eigenvalue weighted by atomic mass is 9.99. The number of nitrogens with two attached hydrogens (primary N) is 1. The van der Waals surface area contributed by atoms with E-state index in [9.17, 15) is 8.78 Å². The van der Waals surface area contributed by atoms with Crippen molar-refractivity contribution in [3.63, 3.8) is 0 Å². The van der Waals surface area contributed by atoms with Crippen LogP contribution in [0.3, 0.4) is 0 Å². The average Bonchev–Trinajstić information content (AvgIpc) is 2.36. The van der Waals surface area contributed by atoms with Gasteiger partial charge in [-0.1, -0.05) is 22.0 Å². The SMILES string of the molecule is NNC(c1ccc(F)cc1F)c1cc(I)ccc1Br. The Balaban J connectivity index is 2.52. The number of hydrazine groups is 1. The van der Waals surface area contributed by atoms with Crippen LogP contribution in [0, 0.1) is 15.2 Å². The molecule has 0 heterocycles. The highest BCUT2D eigenvalue weighted by Crippen LogP contribution is 2.31. The first-order chi connectivity index (χ1) is 9.02. The summed E-state index contributed by atoms with van der Waals surface area (Å²) < 4.78 is 28.6. The quantitative estimate of drug-likeness (QED) is 0.433. The normalized spacial score (nSPS) is 12.5. The van der Waals surface area contributed by atoms with Gasteiger partial charge in [0.1, 0.15) is 11.6 Å². The summed E-state index contributed by atoms with van der Waals surface area (Å²) >= 11 is 5.57. The topological polar surface area (TPSA) is 38.0 Å². The van der Waals surface area contributed by atoms with Gasteiger partial charge in [-0.05, 0) is 52.4 Å². The van der Waals surface area contributed by atoms with Crippen LogP contribution >= 0.6 is 38.5 Å². The smallest absolute Gasteiger partial charge is 0.131 e. The molecule has 2 nitrogen and oxygen atoms in total. The predicted molar refractivity (Wildman–Crippen MR) is 82.4 cm³/mol. The van der Waals surface area contributed by atoms with E-state index in [0.717, 1.165) is 19.7 Å². The van der Waals surface area contributed by atoms with E-state index in [1.54, 1.807) is 0 Å².